The van der Waals surface area contributed by atoms with Crippen molar-refractivity contribution in [3.8, 4) is 0 Å². The molecule has 0 aromatic carbocycles. The van der Waals surface area contributed by atoms with Crippen LogP contribution in [-0.4, -0.2) is 18.0 Å². The van der Waals surface area contributed by atoms with Crippen LogP contribution < -0.4 is 0 Å². The minimum atomic E-state index is 0.531. The van der Waals surface area contributed by atoms with Gasteiger partial charge in [-0.3, -0.25) is 0 Å². The molecule has 0 bridgehead atoms. The zero-order valence-corrected chi connectivity index (χ0v) is 7.39. The summed E-state index contributed by atoms with van der Waals surface area (Å²) in [5.74, 6) is 0. The van der Waals surface area contributed by atoms with Crippen molar-refractivity contribution < 1.29 is 0 Å². The smallest absolute Gasteiger partial charge is 0.0289 e. The molecule has 0 aliphatic heterocycles. The Morgan fingerprint density at radius 1 is 1.50 bits per heavy atom. The van der Waals surface area contributed by atoms with E-state index in [9.17, 15) is 0 Å². The van der Waals surface area contributed by atoms with Crippen LogP contribution in [0.3, 0.4) is 0 Å². The van der Waals surface area contributed by atoms with E-state index in [4.69, 9.17) is 0 Å². The van der Waals surface area contributed by atoms with Crippen LogP contribution in [0.25, 0.3) is 0 Å². The quantitative estimate of drug-likeness (QED) is 0.543. The van der Waals surface area contributed by atoms with Crippen molar-refractivity contribution in [1.29, 1.82) is 0 Å². The number of likely N-dealkylation sites (N-methyl/N-ethyl adjacent to an activating group) is 1. The molecule has 0 N–H and O–H groups in total. The summed E-state index contributed by atoms with van der Waals surface area (Å²) in [5, 5.41) is 0. The molecule has 0 spiro atoms. The van der Waals surface area contributed by atoms with Crippen LogP contribution in [0.2, 0.25) is 0 Å². The van der Waals surface area contributed by atoms with Crippen LogP contribution in [0.15, 0.2) is 24.4 Å². The molecule has 10 heavy (non-hydrogen) atoms. The summed E-state index contributed by atoms with van der Waals surface area (Å²) in [6, 6.07) is 0.531. The van der Waals surface area contributed by atoms with E-state index < -0.39 is 0 Å². The number of nitrogens with zero attached hydrogens (tertiary/aromatic N) is 1. The van der Waals surface area contributed by atoms with Gasteiger partial charge >= 0.3 is 0 Å². The molecule has 0 aliphatic rings. The first-order valence-electron chi connectivity index (χ1n) is 3.64. The molecule has 0 aromatic rings. The Morgan fingerprint density at radius 3 is 2.30 bits per heavy atom. The van der Waals surface area contributed by atoms with Gasteiger partial charge < -0.3 is 4.90 Å². The van der Waals surface area contributed by atoms with Gasteiger partial charge in [0.05, 0.1) is 0 Å². The highest BCUT2D eigenvalue weighted by Gasteiger charge is 2.00. The van der Waals surface area contributed by atoms with E-state index in [0.717, 1.165) is 5.70 Å². The van der Waals surface area contributed by atoms with Crippen LogP contribution in [-0.2, 0) is 0 Å². The van der Waals surface area contributed by atoms with Crippen LogP contribution in [0.1, 0.15) is 20.8 Å². The van der Waals surface area contributed by atoms with Crippen molar-refractivity contribution in [1.82, 2.24) is 4.90 Å². The molecule has 1 heteroatoms. The number of hydrogen-bond acceptors (Lipinski definition) is 1. The van der Waals surface area contributed by atoms with E-state index in [1.807, 2.05) is 26.1 Å². The fourth-order valence-corrected chi connectivity index (χ4v) is 0.642. The van der Waals surface area contributed by atoms with Crippen LogP contribution in [0.5, 0.6) is 0 Å². The van der Waals surface area contributed by atoms with E-state index in [1.54, 1.807) is 0 Å². The van der Waals surface area contributed by atoms with Gasteiger partial charge in [0.1, 0.15) is 0 Å². The summed E-state index contributed by atoms with van der Waals surface area (Å²) in [6.07, 6.45) is 4.02. The van der Waals surface area contributed by atoms with Gasteiger partial charge in [-0.05, 0) is 26.8 Å². The molecule has 0 fully saturated rings. The highest BCUT2D eigenvalue weighted by Crippen LogP contribution is 2.04. The van der Waals surface area contributed by atoms with E-state index >= 15 is 0 Å². The predicted molar refractivity (Wildman–Crippen MR) is 46.9 cm³/mol. The lowest BCUT2D eigenvalue weighted by molar-refractivity contribution is 0.356. The molecule has 1 nitrogen and oxygen atoms in total. The van der Waals surface area contributed by atoms with Gasteiger partial charge in [0, 0.05) is 18.8 Å². The Hall–Kier alpha value is -0.720. The van der Waals surface area contributed by atoms with Gasteiger partial charge in [-0.25, -0.2) is 0 Å². The third kappa shape index (κ3) is 2.72. The first-order chi connectivity index (χ1) is 4.59. The maximum absolute atomic E-state index is 3.90. The summed E-state index contributed by atoms with van der Waals surface area (Å²) in [7, 11) is 2.05. The second kappa shape index (κ2) is 4.15. The zero-order chi connectivity index (χ0) is 8.15. The Balaban J connectivity index is 3.95. The van der Waals surface area contributed by atoms with Crippen molar-refractivity contribution in [3.05, 3.63) is 24.4 Å². The molecule has 0 rings (SSSR count). The number of rotatable bonds is 3. The first-order valence-corrected chi connectivity index (χ1v) is 3.64. The first kappa shape index (κ1) is 9.28. The van der Waals surface area contributed by atoms with Crippen LogP contribution in [0, 0.1) is 0 Å². The van der Waals surface area contributed by atoms with Gasteiger partial charge in [-0.15, -0.1) is 0 Å². The van der Waals surface area contributed by atoms with Gasteiger partial charge in [0.15, 0.2) is 0 Å². The average molecular weight is 139 g/mol. The van der Waals surface area contributed by atoms with Crippen molar-refractivity contribution in [3.63, 3.8) is 0 Å². The Kier molecular flexibility index (Phi) is 3.85. The van der Waals surface area contributed by atoms with Crippen LogP contribution >= 0.6 is 0 Å². The zero-order valence-electron chi connectivity index (χ0n) is 7.39. The maximum Gasteiger partial charge on any atom is 0.0289 e. The highest BCUT2D eigenvalue weighted by molar-refractivity contribution is 5.12. The Morgan fingerprint density at radius 2 is 2.00 bits per heavy atom. The molecule has 0 heterocycles. The normalized spacial score (nSPS) is 10.9. The molecular weight excluding hydrogens is 122 g/mol. The second-order valence-electron chi connectivity index (χ2n) is 2.70. The number of hydrogen-bond donors (Lipinski definition) is 0. The lowest BCUT2D eigenvalue weighted by Gasteiger charge is -2.23. The average Bonchev–Trinajstić information content (AvgIpc) is 1.87. The molecule has 0 unspecified atom stereocenters. The SMILES string of the molecule is C=C(C=CC)N(C)C(C)C. The van der Waals surface area contributed by atoms with E-state index in [2.05, 4.69) is 25.3 Å². The lowest BCUT2D eigenvalue weighted by Crippen LogP contribution is -2.23. The van der Waals surface area contributed by atoms with E-state index in [-0.39, 0.29) is 0 Å². The van der Waals surface area contributed by atoms with Crippen molar-refractivity contribution in [2.45, 2.75) is 26.8 Å². The number of allylic oxidation sites excluding steroid dienone is 2. The fourth-order valence-electron chi connectivity index (χ4n) is 0.642. The maximum atomic E-state index is 3.90. The standard InChI is InChI=1S/C9H17N/c1-6-7-9(4)10(5)8(2)3/h6-8H,4H2,1-3,5H3. The van der Waals surface area contributed by atoms with Crippen LogP contribution in [0.4, 0.5) is 0 Å². The minimum Gasteiger partial charge on any atom is -0.373 e. The topological polar surface area (TPSA) is 3.24 Å². The van der Waals surface area contributed by atoms with Crippen molar-refractivity contribution in [2.75, 3.05) is 7.05 Å². The molecule has 0 saturated heterocycles. The van der Waals surface area contributed by atoms with Gasteiger partial charge in [-0.1, -0.05) is 12.7 Å². The largest absolute Gasteiger partial charge is 0.373 e. The Labute approximate surface area is 64.0 Å². The van der Waals surface area contributed by atoms with E-state index in [0.29, 0.717) is 6.04 Å². The summed E-state index contributed by atoms with van der Waals surface area (Å²) < 4.78 is 0. The third-order valence-electron chi connectivity index (χ3n) is 1.59. The molecule has 0 saturated carbocycles. The molecule has 58 valence electrons. The molecule has 0 aliphatic carbocycles. The highest BCUT2D eigenvalue weighted by atomic mass is 15.1. The fraction of sp³-hybridized carbons (Fsp3) is 0.556. The lowest BCUT2D eigenvalue weighted by atomic mass is 10.3. The Bertz CT molecular complexity index is 134. The van der Waals surface area contributed by atoms with Gasteiger partial charge in [-0.2, -0.15) is 0 Å². The molecular formula is C9H17N. The molecule has 0 amide bonds. The van der Waals surface area contributed by atoms with Gasteiger partial charge in [0.2, 0.25) is 0 Å². The monoisotopic (exact) mass is 139 g/mol. The van der Waals surface area contributed by atoms with Crippen molar-refractivity contribution >= 4 is 0 Å². The summed E-state index contributed by atoms with van der Waals surface area (Å²) >= 11 is 0. The van der Waals surface area contributed by atoms with Crippen molar-refractivity contribution in [2.24, 2.45) is 0 Å². The predicted octanol–water partition coefficient (Wildman–Crippen LogP) is 2.42. The molecule has 0 atom stereocenters. The second-order valence-corrected chi connectivity index (χ2v) is 2.70. The molecule has 0 aromatic heterocycles. The molecule has 0 radical (unpaired) electrons. The van der Waals surface area contributed by atoms with Gasteiger partial charge in [0.25, 0.3) is 0 Å². The van der Waals surface area contributed by atoms with E-state index in [1.165, 1.54) is 0 Å². The summed E-state index contributed by atoms with van der Waals surface area (Å²) in [5.41, 5.74) is 1.07. The summed E-state index contributed by atoms with van der Waals surface area (Å²) in [6.45, 7) is 10.2. The third-order valence-corrected chi connectivity index (χ3v) is 1.59. The summed E-state index contributed by atoms with van der Waals surface area (Å²) in [4.78, 5) is 2.14. The minimum absolute atomic E-state index is 0.531.